The van der Waals surface area contributed by atoms with Crippen molar-refractivity contribution in [2.75, 3.05) is 39.0 Å². The fourth-order valence-electron chi connectivity index (χ4n) is 2.64. The van der Waals surface area contributed by atoms with Gasteiger partial charge < -0.3 is 10.1 Å². The average Bonchev–Trinajstić information content (AvgIpc) is 2.66. The molecular formula is C12H24N2OS. The molecule has 0 amide bonds. The summed E-state index contributed by atoms with van der Waals surface area (Å²) in [4.78, 5) is 2.58. The Hall–Kier alpha value is 0.230. The highest BCUT2D eigenvalue weighted by molar-refractivity contribution is 7.99. The van der Waals surface area contributed by atoms with Crippen LogP contribution in [0.3, 0.4) is 0 Å². The molecule has 0 aromatic heterocycles. The van der Waals surface area contributed by atoms with Crippen LogP contribution in [0.15, 0.2) is 0 Å². The fourth-order valence-corrected chi connectivity index (χ4v) is 3.72. The topological polar surface area (TPSA) is 24.5 Å². The minimum absolute atomic E-state index is 0.451. The smallest absolute Gasteiger partial charge is 0.0707 e. The van der Waals surface area contributed by atoms with Crippen LogP contribution in [-0.2, 0) is 4.74 Å². The van der Waals surface area contributed by atoms with Gasteiger partial charge in [-0.2, -0.15) is 11.8 Å². The molecule has 0 saturated carbocycles. The van der Waals surface area contributed by atoms with E-state index >= 15 is 0 Å². The summed E-state index contributed by atoms with van der Waals surface area (Å²) in [7, 11) is 2.00. The molecule has 2 fully saturated rings. The monoisotopic (exact) mass is 244 g/mol. The van der Waals surface area contributed by atoms with Crippen molar-refractivity contribution in [1.82, 2.24) is 10.2 Å². The summed E-state index contributed by atoms with van der Waals surface area (Å²) in [6.07, 6.45) is 3.40. The standard InChI is InChI=1S/C12H24N2OS/c1-10-8-14(5-6-16-10)9-12-4-3-11(15-12)7-13-2/h10-13H,3-9H2,1-2H3. The van der Waals surface area contributed by atoms with Crippen molar-refractivity contribution in [3.8, 4) is 0 Å². The molecule has 2 saturated heterocycles. The number of hydrogen-bond acceptors (Lipinski definition) is 4. The maximum Gasteiger partial charge on any atom is 0.0707 e. The first kappa shape index (κ1) is 12.7. The lowest BCUT2D eigenvalue weighted by Crippen LogP contribution is -2.41. The molecule has 2 heterocycles. The Kier molecular flexibility index (Phi) is 4.95. The average molecular weight is 244 g/mol. The summed E-state index contributed by atoms with van der Waals surface area (Å²) in [5, 5.41) is 3.99. The van der Waals surface area contributed by atoms with Crippen LogP contribution >= 0.6 is 11.8 Å². The van der Waals surface area contributed by atoms with E-state index in [9.17, 15) is 0 Å². The van der Waals surface area contributed by atoms with Crippen LogP contribution in [0.25, 0.3) is 0 Å². The molecule has 0 aromatic carbocycles. The third-order valence-corrected chi connectivity index (χ3v) is 4.55. The van der Waals surface area contributed by atoms with Crippen molar-refractivity contribution in [3.05, 3.63) is 0 Å². The van der Waals surface area contributed by atoms with E-state index in [1.54, 1.807) is 0 Å². The van der Waals surface area contributed by atoms with Crippen molar-refractivity contribution in [1.29, 1.82) is 0 Å². The van der Waals surface area contributed by atoms with Gasteiger partial charge in [-0.25, -0.2) is 0 Å². The van der Waals surface area contributed by atoms with Crippen LogP contribution in [0, 0.1) is 0 Å². The van der Waals surface area contributed by atoms with E-state index in [1.807, 2.05) is 7.05 Å². The van der Waals surface area contributed by atoms with Crippen LogP contribution in [0.1, 0.15) is 19.8 Å². The van der Waals surface area contributed by atoms with Gasteiger partial charge in [0.2, 0.25) is 0 Å². The Morgan fingerprint density at radius 2 is 2.19 bits per heavy atom. The number of hydrogen-bond donors (Lipinski definition) is 1. The zero-order chi connectivity index (χ0) is 11.4. The molecule has 2 aliphatic heterocycles. The molecule has 0 aliphatic carbocycles. The zero-order valence-corrected chi connectivity index (χ0v) is 11.3. The van der Waals surface area contributed by atoms with Gasteiger partial charge in [-0.3, -0.25) is 4.90 Å². The first-order chi connectivity index (χ1) is 7.78. The van der Waals surface area contributed by atoms with E-state index in [2.05, 4.69) is 28.9 Å². The molecule has 0 aromatic rings. The summed E-state index contributed by atoms with van der Waals surface area (Å²) in [5.74, 6) is 1.29. The lowest BCUT2D eigenvalue weighted by Gasteiger charge is -2.32. The Bertz CT molecular complexity index is 215. The van der Waals surface area contributed by atoms with E-state index in [-0.39, 0.29) is 0 Å². The van der Waals surface area contributed by atoms with Crippen molar-refractivity contribution < 1.29 is 4.74 Å². The predicted octanol–water partition coefficient (Wildman–Crippen LogP) is 1.19. The molecule has 94 valence electrons. The molecule has 3 nitrogen and oxygen atoms in total. The summed E-state index contributed by atoms with van der Waals surface area (Å²) < 4.78 is 6.03. The van der Waals surface area contributed by atoms with E-state index in [1.165, 1.54) is 31.7 Å². The molecule has 4 heteroatoms. The number of ether oxygens (including phenoxy) is 1. The van der Waals surface area contributed by atoms with E-state index in [0.29, 0.717) is 12.2 Å². The first-order valence-corrected chi connectivity index (χ1v) is 7.47. The molecule has 2 aliphatic rings. The van der Waals surface area contributed by atoms with Gasteiger partial charge in [0.15, 0.2) is 0 Å². The minimum Gasteiger partial charge on any atom is -0.372 e. The number of nitrogens with one attached hydrogen (secondary N) is 1. The molecule has 1 N–H and O–H groups in total. The largest absolute Gasteiger partial charge is 0.372 e. The third-order valence-electron chi connectivity index (χ3n) is 3.41. The van der Waals surface area contributed by atoms with Crippen LogP contribution in [-0.4, -0.2) is 61.3 Å². The Morgan fingerprint density at radius 3 is 2.94 bits per heavy atom. The Labute approximate surface area is 103 Å². The highest BCUT2D eigenvalue weighted by atomic mass is 32.2. The van der Waals surface area contributed by atoms with Gasteiger partial charge in [-0.05, 0) is 19.9 Å². The highest BCUT2D eigenvalue weighted by Gasteiger charge is 2.27. The molecule has 0 bridgehead atoms. The predicted molar refractivity (Wildman–Crippen MR) is 70.2 cm³/mol. The maximum absolute atomic E-state index is 6.03. The summed E-state index contributed by atoms with van der Waals surface area (Å²) in [5.41, 5.74) is 0. The fraction of sp³-hybridized carbons (Fsp3) is 1.00. The van der Waals surface area contributed by atoms with Gasteiger partial charge >= 0.3 is 0 Å². The second-order valence-electron chi connectivity index (χ2n) is 4.96. The summed E-state index contributed by atoms with van der Waals surface area (Å²) in [6.45, 7) is 6.96. The van der Waals surface area contributed by atoms with E-state index < -0.39 is 0 Å². The number of rotatable bonds is 4. The van der Waals surface area contributed by atoms with Crippen LogP contribution < -0.4 is 5.32 Å². The van der Waals surface area contributed by atoms with Crippen LogP contribution in [0.5, 0.6) is 0 Å². The van der Waals surface area contributed by atoms with Gasteiger partial charge in [0.1, 0.15) is 0 Å². The molecular weight excluding hydrogens is 220 g/mol. The molecule has 3 atom stereocenters. The molecule has 3 unspecified atom stereocenters. The van der Waals surface area contributed by atoms with Crippen LogP contribution in [0.4, 0.5) is 0 Å². The van der Waals surface area contributed by atoms with E-state index in [0.717, 1.165) is 18.3 Å². The molecule has 0 spiro atoms. The van der Waals surface area contributed by atoms with Gasteiger partial charge in [0, 0.05) is 37.2 Å². The van der Waals surface area contributed by atoms with E-state index in [4.69, 9.17) is 4.74 Å². The van der Waals surface area contributed by atoms with Gasteiger partial charge in [0.25, 0.3) is 0 Å². The number of likely N-dealkylation sites (N-methyl/N-ethyl adjacent to an activating group) is 1. The normalized spacial score (nSPS) is 36.8. The lowest BCUT2D eigenvalue weighted by atomic mass is 10.2. The summed E-state index contributed by atoms with van der Waals surface area (Å²) in [6, 6.07) is 0. The molecule has 0 radical (unpaired) electrons. The SMILES string of the molecule is CNCC1CCC(CN2CCSC(C)C2)O1. The van der Waals surface area contributed by atoms with Crippen molar-refractivity contribution in [2.24, 2.45) is 0 Å². The number of nitrogens with zero attached hydrogens (tertiary/aromatic N) is 1. The minimum atomic E-state index is 0.451. The second kappa shape index (κ2) is 6.24. The summed E-state index contributed by atoms with van der Waals surface area (Å²) >= 11 is 2.10. The van der Waals surface area contributed by atoms with Crippen molar-refractivity contribution in [2.45, 2.75) is 37.2 Å². The van der Waals surface area contributed by atoms with Crippen LogP contribution in [0.2, 0.25) is 0 Å². The van der Waals surface area contributed by atoms with Gasteiger partial charge in [-0.15, -0.1) is 0 Å². The Balaban J connectivity index is 1.70. The lowest BCUT2D eigenvalue weighted by molar-refractivity contribution is 0.0250. The van der Waals surface area contributed by atoms with Gasteiger partial charge in [0.05, 0.1) is 12.2 Å². The zero-order valence-electron chi connectivity index (χ0n) is 10.4. The molecule has 2 rings (SSSR count). The second-order valence-corrected chi connectivity index (χ2v) is 6.50. The van der Waals surface area contributed by atoms with Crippen molar-refractivity contribution >= 4 is 11.8 Å². The maximum atomic E-state index is 6.03. The van der Waals surface area contributed by atoms with Crippen molar-refractivity contribution in [3.63, 3.8) is 0 Å². The number of thioether (sulfide) groups is 1. The quantitative estimate of drug-likeness (QED) is 0.803. The molecule has 16 heavy (non-hydrogen) atoms. The van der Waals surface area contributed by atoms with Gasteiger partial charge in [-0.1, -0.05) is 6.92 Å². The highest BCUT2D eigenvalue weighted by Crippen LogP contribution is 2.23. The third kappa shape index (κ3) is 3.62. The Morgan fingerprint density at radius 1 is 1.38 bits per heavy atom. The first-order valence-electron chi connectivity index (χ1n) is 6.42.